The molecule has 0 saturated heterocycles. The molecule has 0 aliphatic rings. The Hall–Kier alpha value is -3.31. The SMILES string of the molecule is COC(=O)c1ccc(C)c(-n2c(S(C)(=O)=O)nc(OCc3ccc(F)cc3F)c(Cl)c2=O)c1. The first kappa shape index (κ1) is 24.3. The molecule has 0 atom stereocenters. The fraction of sp³-hybridized carbons (Fsp3) is 0.190. The van der Waals surface area contributed by atoms with E-state index in [1.807, 2.05) is 0 Å². The number of benzene rings is 2. The van der Waals surface area contributed by atoms with Crippen LogP contribution in [0.5, 0.6) is 5.88 Å². The molecule has 174 valence electrons. The number of sulfone groups is 1. The summed E-state index contributed by atoms with van der Waals surface area (Å²) in [6.45, 7) is 1.09. The van der Waals surface area contributed by atoms with Crippen LogP contribution in [0.15, 0.2) is 46.3 Å². The van der Waals surface area contributed by atoms with Crippen molar-refractivity contribution in [3.05, 3.63) is 80.1 Å². The molecule has 2 aromatic carbocycles. The lowest BCUT2D eigenvalue weighted by atomic mass is 10.1. The minimum absolute atomic E-state index is 0.0360. The van der Waals surface area contributed by atoms with Crippen molar-refractivity contribution in [3.63, 3.8) is 0 Å². The second-order valence-corrected chi connectivity index (χ2v) is 9.23. The zero-order chi connectivity index (χ0) is 24.5. The molecule has 33 heavy (non-hydrogen) atoms. The van der Waals surface area contributed by atoms with E-state index >= 15 is 0 Å². The summed E-state index contributed by atoms with van der Waals surface area (Å²) in [7, 11) is -2.95. The predicted molar refractivity (Wildman–Crippen MR) is 115 cm³/mol. The lowest BCUT2D eigenvalue weighted by Crippen LogP contribution is -2.27. The number of carbonyl (C=O) groups excluding carboxylic acids is 1. The van der Waals surface area contributed by atoms with Crippen LogP contribution in [-0.2, 0) is 21.2 Å². The van der Waals surface area contributed by atoms with Crippen molar-refractivity contribution in [2.45, 2.75) is 18.7 Å². The maximum atomic E-state index is 13.9. The number of methoxy groups -OCH3 is 1. The van der Waals surface area contributed by atoms with E-state index < -0.39 is 55.7 Å². The van der Waals surface area contributed by atoms with E-state index in [1.165, 1.54) is 25.3 Å². The zero-order valence-corrected chi connectivity index (χ0v) is 19.1. The molecule has 0 fully saturated rings. The van der Waals surface area contributed by atoms with E-state index in [4.69, 9.17) is 16.3 Å². The molecule has 1 heterocycles. The number of esters is 1. The Balaban J connectivity index is 2.17. The van der Waals surface area contributed by atoms with Crippen molar-refractivity contribution >= 4 is 27.4 Å². The monoisotopic (exact) mass is 498 g/mol. The lowest BCUT2D eigenvalue weighted by molar-refractivity contribution is 0.0600. The Morgan fingerprint density at radius 1 is 1.18 bits per heavy atom. The molecule has 0 unspecified atom stereocenters. The van der Waals surface area contributed by atoms with Gasteiger partial charge in [-0.1, -0.05) is 17.7 Å². The molecule has 0 aliphatic heterocycles. The van der Waals surface area contributed by atoms with Crippen molar-refractivity contribution in [2.75, 3.05) is 13.4 Å². The number of aryl methyl sites for hydroxylation is 1. The van der Waals surface area contributed by atoms with Crippen LogP contribution < -0.4 is 10.3 Å². The summed E-state index contributed by atoms with van der Waals surface area (Å²) >= 11 is 6.12. The number of carbonyl (C=O) groups is 1. The number of rotatable bonds is 6. The van der Waals surface area contributed by atoms with Crippen LogP contribution in [0.3, 0.4) is 0 Å². The number of aromatic nitrogens is 2. The lowest BCUT2D eigenvalue weighted by Gasteiger charge is -2.16. The summed E-state index contributed by atoms with van der Waals surface area (Å²) in [5, 5.41) is -1.29. The molecule has 0 saturated carbocycles. The number of halogens is 3. The molecule has 0 radical (unpaired) electrons. The third-order valence-corrected chi connectivity index (χ3v) is 5.81. The predicted octanol–water partition coefficient (Wildman–Crippen LogP) is 3.24. The average Bonchev–Trinajstić information content (AvgIpc) is 2.75. The van der Waals surface area contributed by atoms with E-state index in [0.717, 1.165) is 23.0 Å². The quantitative estimate of drug-likeness (QED) is 0.379. The minimum Gasteiger partial charge on any atom is -0.471 e. The Morgan fingerprint density at radius 3 is 2.48 bits per heavy atom. The van der Waals surface area contributed by atoms with Gasteiger partial charge >= 0.3 is 5.97 Å². The van der Waals surface area contributed by atoms with Crippen molar-refractivity contribution in [2.24, 2.45) is 0 Å². The van der Waals surface area contributed by atoms with Crippen molar-refractivity contribution < 1.29 is 31.5 Å². The third kappa shape index (κ3) is 5.04. The van der Waals surface area contributed by atoms with Crippen molar-refractivity contribution in [1.29, 1.82) is 0 Å². The summed E-state index contributed by atoms with van der Waals surface area (Å²) in [5.41, 5.74) is -0.524. The molecule has 0 aliphatic carbocycles. The summed E-state index contributed by atoms with van der Waals surface area (Å²) < 4.78 is 62.7. The van der Waals surface area contributed by atoms with E-state index in [9.17, 15) is 26.8 Å². The van der Waals surface area contributed by atoms with E-state index in [0.29, 0.717) is 11.6 Å². The fourth-order valence-corrected chi connectivity index (χ4v) is 3.84. The van der Waals surface area contributed by atoms with E-state index in [2.05, 4.69) is 9.72 Å². The van der Waals surface area contributed by atoms with Gasteiger partial charge in [-0.25, -0.2) is 26.6 Å². The smallest absolute Gasteiger partial charge is 0.337 e. The molecular weight excluding hydrogens is 482 g/mol. The highest BCUT2D eigenvalue weighted by molar-refractivity contribution is 7.90. The van der Waals surface area contributed by atoms with Gasteiger partial charge in [0.2, 0.25) is 20.9 Å². The highest BCUT2D eigenvalue weighted by atomic mass is 35.5. The van der Waals surface area contributed by atoms with Gasteiger partial charge in [0, 0.05) is 17.9 Å². The van der Waals surface area contributed by atoms with Crippen LogP contribution in [-0.4, -0.2) is 37.3 Å². The van der Waals surface area contributed by atoms with Gasteiger partial charge < -0.3 is 9.47 Å². The maximum Gasteiger partial charge on any atom is 0.337 e. The molecule has 0 bridgehead atoms. The van der Waals surface area contributed by atoms with Gasteiger partial charge in [0.1, 0.15) is 18.2 Å². The van der Waals surface area contributed by atoms with Crippen LogP contribution in [0.25, 0.3) is 5.69 Å². The van der Waals surface area contributed by atoms with Gasteiger partial charge in [-0.2, -0.15) is 4.98 Å². The normalized spacial score (nSPS) is 11.3. The maximum absolute atomic E-state index is 13.9. The van der Waals surface area contributed by atoms with Crippen LogP contribution in [0.2, 0.25) is 5.02 Å². The molecule has 8 nitrogen and oxygen atoms in total. The summed E-state index contributed by atoms with van der Waals surface area (Å²) in [6.07, 6.45) is 0.822. The number of hydrogen-bond acceptors (Lipinski definition) is 7. The Morgan fingerprint density at radius 2 is 1.88 bits per heavy atom. The molecular formula is C21H17ClF2N2O6S. The molecule has 0 amide bonds. The fourth-order valence-electron chi connectivity index (χ4n) is 2.90. The molecule has 0 spiro atoms. The average molecular weight is 499 g/mol. The van der Waals surface area contributed by atoms with Gasteiger partial charge in [0.05, 0.1) is 18.4 Å². The van der Waals surface area contributed by atoms with Crippen LogP contribution in [0.1, 0.15) is 21.5 Å². The third-order valence-electron chi connectivity index (χ3n) is 4.55. The second kappa shape index (κ2) is 9.28. The van der Waals surface area contributed by atoms with Gasteiger partial charge in [-0.15, -0.1) is 0 Å². The van der Waals surface area contributed by atoms with E-state index in [-0.39, 0.29) is 16.8 Å². The molecule has 3 aromatic rings. The van der Waals surface area contributed by atoms with E-state index in [1.54, 1.807) is 6.92 Å². The first-order valence-electron chi connectivity index (χ1n) is 9.22. The Labute approximate surface area is 192 Å². The topological polar surface area (TPSA) is 105 Å². The van der Waals surface area contributed by atoms with Gasteiger partial charge in [-0.05, 0) is 36.8 Å². The highest BCUT2D eigenvalue weighted by Crippen LogP contribution is 2.26. The Bertz CT molecular complexity index is 1420. The van der Waals surface area contributed by atoms with Gasteiger partial charge in [0.25, 0.3) is 5.56 Å². The van der Waals surface area contributed by atoms with Crippen molar-refractivity contribution in [3.8, 4) is 11.6 Å². The highest BCUT2D eigenvalue weighted by Gasteiger charge is 2.25. The minimum atomic E-state index is -4.12. The van der Waals surface area contributed by atoms with Crippen molar-refractivity contribution in [1.82, 2.24) is 9.55 Å². The number of nitrogens with zero attached hydrogens (tertiary/aromatic N) is 2. The first-order valence-corrected chi connectivity index (χ1v) is 11.5. The standard InChI is InChI=1S/C21H17ClF2N2O6S/c1-11-4-5-12(20(28)31-2)8-16(11)26-19(27)17(22)18(25-21(26)33(3,29)30)32-10-13-6-7-14(23)9-15(13)24/h4-9H,10H2,1-3H3. The Kier molecular flexibility index (Phi) is 6.84. The largest absolute Gasteiger partial charge is 0.471 e. The first-order chi connectivity index (χ1) is 15.4. The van der Waals surface area contributed by atoms with Gasteiger partial charge in [0.15, 0.2) is 5.02 Å². The van der Waals surface area contributed by atoms with Crippen LogP contribution in [0, 0.1) is 18.6 Å². The van der Waals surface area contributed by atoms with Gasteiger partial charge in [-0.3, -0.25) is 4.79 Å². The second-order valence-electron chi connectivity index (χ2n) is 6.94. The van der Waals surface area contributed by atoms with Crippen LogP contribution >= 0.6 is 11.6 Å². The zero-order valence-electron chi connectivity index (χ0n) is 17.6. The molecule has 1 aromatic heterocycles. The number of hydrogen-bond donors (Lipinski definition) is 0. The molecule has 0 N–H and O–H groups in total. The molecule has 12 heteroatoms. The summed E-state index contributed by atoms with van der Waals surface area (Å²) in [4.78, 5) is 28.9. The summed E-state index contributed by atoms with van der Waals surface area (Å²) in [5.74, 6) is -2.95. The summed E-state index contributed by atoms with van der Waals surface area (Å²) in [6, 6.07) is 6.98. The number of ether oxygens (including phenoxy) is 2. The van der Waals surface area contributed by atoms with Crippen LogP contribution in [0.4, 0.5) is 8.78 Å². The molecule has 3 rings (SSSR count).